The van der Waals surface area contributed by atoms with Crippen molar-refractivity contribution >= 4 is 35.6 Å². The highest BCUT2D eigenvalue weighted by Gasteiger charge is 2.31. The number of aryl methyl sites for hydroxylation is 1. The number of nitrogens with two attached hydrogens (primary N) is 1. The van der Waals surface area contributed by atoms with Gasteiger partial charge in [0.25, 0.3) is 0 Å². The number of amides is 1. The number of rotatable bonds is 12. The first kappa shape index (κ1) is 31.2. The topological polar surface area (TPSA) is 222 Å². The minimum atomic E-state index is -3.58. The molecule has 206 valence electrons. The first-order valence-corrected chi connectivity index (χ1v) is 10.7. The zero-order chi connectivity index (χ0) is 29.0. The van der Waals surface area contributed by atoms with Gasteiger partial charge in [-0.25, -0.2) is 9.59 Å². The molecule has 1 aromatic heterocycles. The maximum atomic E-state index is 12.2. The van der Waals surface area contributed by atoms with Crippen LogP contribution in [0.15, 0.2) is 40.8 Å². The van der Waals surface area contributed by atoms with E-state index in [0.29, 0.717) is 18.2 Å². The molecule has 2 aromatic rings. The lowest BCUT2D eigenvalue weighted by Crippen LogP contribution is -2.37. The number of furan rings is 1. The molecule has 38 heavy (non-hydrogen) atoms. The summed E-state index contributed by atoms with van der Waals surface area (Å²) in [5, 5.41) is 32.4. The number of hydrogen-bond donors (Lipinski definition) is 5. The lowest BCUT2D eigenvalue weighted by atomic mass is 10.2. The molecule has 0 unspecified atom stereocenters. The lowest BCUT2D eigenvalue weighted by Gasteiger charge is -2.19. The van der Waals surface area contributed by atoms with E-state index in [1.54, 1.807) is 0 Å². The van der Waals surface area contributed by atoms with Crippen molar-refractivity contribution in [3.05, 3.63) is 53.5 Å². The summed E-state index contributed by atoms with van der Waals surface area (Å²) in [7, 11) is 0. The second kappa shape index (κ2) is 14.1. The number of halogens is 2. The van der Waals surface area contributed by atoms with Gasteiger partial charge in [0.1, 0.15) is 23.9 Å². The Hall–Kier alpha value is -4.82. The molecule has 0 saturated carbocycles. The molecule has 15 heteroatoms. The van der Waals surface area contributed by atoms with E-state index < -0.39 is 42.3 Å². The number of ether oxygens (including phenoxy) is 1. The number of benzene rings is 1. The molecule has 0 bridgehead atoms. The Kier molecular flexibility index (Phi) is 11.5. The third-order valence-electron chi connectivity index (χ3n) is 4.47. The summed E-state index contributed by atoms with van der Waals surface area (Å²) in [6.07, 6.45) is -0.410. The van der Waals surface area contributed by atoms with Crippen molar-refractivity contribution in [3.8, 4) is 5.75 Å². The van der Waals surface area contributed by atoms with Crippen molar-refractivity contribution in [1.82, 2.24) is 4.90 Å². The van der Waals surface area contributed by atoms with Gasteiger partial charge in [0, 0.05) is 31.9 Å². The minimum Gasteiger partial charge on any atom is -0.481 e. The average molecular weight is 541 g/mol. The van der Waals surface area contributed by atoms with Gasteiger partial charge in [0.2, 0.25) is 11.7 Å². The Morgan fingerprint density at radius 1 is 1.00 bits per heavy atom. The van der Waals surface area contributed by atoms with Crippen LogP contribution in [0.4, 0.5) is 8.78 Å². The van der Waals surface area contributed by atoms with Crippen LogP contribution >= 0.6 is 0 Å². The van der Waals surface area contributed by atoms with Gasteiger partial charge in [0.05, 0.1) is 6.42 Å². The number of esters is 1. The third kappa shape index (κ3) is 11.3. The number of nitrogens with zero attached hydrogens (tertiary/aromatic N) is 1. The van der Waals surface area contributed by atoms with E-state index in [-0.39, 0.29) is 43.2 Å². The number of carbonyl (C=O) groups is 5. The second-order valence-electron chi connectivity index (χ2n) is 7.64. The highest BCUT2D eigenvalue weighted by molar-refractivity contribution is 5.95. The molecule has 2 rings (SSSR count). The molecular weight excluding hydrogens is 516 g/mol. The van der Waals surface area contributed by atoms with Crippen molar-refractivity contribution < 1.29 is 57.2 Å². The molecule has 6 N–H and O–H groups in total. The number of carbonyl (C=O) groups excluding carboxylic acids is 2. The summed E-state index contributed by atoms with van der Waals surface area (Å²) in [6, 6.07) is 8.87. The highest BCUT2D eigenvalue weighted by Crippen LogP contribution is 2.17. The predicted octanol–water partition coefficient (Wildman–Crippen LogP) is 1.83. The van der Waals surface area contributed by atoms with Crippen molar-refractivity contribution in [3.63, 3.8) is 0 Å². The summed E-state index contributed by atoms with van der Waals surface area (Å²) in [5.41, 5.74) is 5.84. The number of alkyl halides is 2. The number of carboxylic acid groups (broad SMARTS) is 3. The van der Waals surface area contributed by atoms with Gasteiger partial charge < -0.3 is 35.1 Å². The number of amidine groups is 1. The molecule has 1 aromatic carbocycles. The number of nitrogens with one attached hydrogen (secondary N) is 1. The molecule has 0 fully saturated rings. The minimum absolute atomic E-state index is 0.0859. The standard InChI is InChI=1S/C20H21N3O8.C3H4F2O2/c21-19(22)12-1-3-14(4-2-12)31-20(29)15-7-5-13(30-15)6-8-16(24)23(11-18(27)28)10-9-17(25)26;1-3(4,5)2(6)7/h1-5,7H,6,8-11H2,(H3,21,22)(H,25,26)(H,27,28);1H3,(H,6,7). The molecule has 0 saturated heterocycles. The van der Waals surface area contributed by atoms with Gasteiger partial charge in [-0.05, 0) is 36.4 Å². The van der Waals surface area contributed by atoms with E-state index in [4.69, 9.17) is 35.6 Å². The maximum Gasteiger partial charge on any atom is 0.379 e. The van der Waals surface area contributed by atoms with Crippen LogP contribution in [0.5, 0.6) is 5.75 Å². The molecule has 1 heterocycles. The first-order valence-electron chi connectivity index (χ1n) is 10.7. The Bertz CT molecular complexity index is 1170. The molecule has 0 atom stereocenters. The Morgan fingerprint density at radius 2 is 1.58 bits per heavy atom. The molecule has 0 radical (unpaired) electrons. The molecule has 0 aliphatic carbocycles. The SMILES string of the molecule is CC(F)(F)C(=O)O.N=C(N)c1ccc(OC(=O)c2ccc(CCC(=O)N(CCC(=O)O)CC(=O)O)o2)cc1. The van der Waals surface area contributed by atoms with Gasteiger partial charge in [-0.1, -0.05) is 0 Å². The quantitative estimate of drug-likeness (QED) is 0.113. The van der Waals surface area contributed by atoms with E-state index >= 15 is 0 Å². The first-order chi connectivity index (χ1) is 17.6. The van der Waals surface area contributed by atoms with Crippen LogP contribution in [0.2, 0.25) is 0 Å². The van der Waals surface area contributed by atoms with E-state index in [1.807, 2.05) is 0 Å². The number of aliphatic carboxylic acids is 3. The summed E-state index contributed by atoms with van der Waals surface area (Å²) >= 11 is 0. The molecule has 0 spiro atoms. The Labute approximate surface area is 213 Å². The predicted molar refractivity (Wildman–Crippen MR) is 124 cm³/mol. The summed E-state index contributed by atoms with van der Waals surface area (Å²) < 4.78 is 33.0. The van der Waals surface area contributed by atoms with E-state index in [2.05, 4.69) is 0 Å². The van der Waals surface area contributed by atoms with Gasteiger partial charge in [0.15, 0.2) is 0 Å². The fourth-order valence-electron chi connectivity index (χ4n) is 2.56. The van der Waals surface area contributed by atoms with Crippen LogP contribution in [0.1, 0.15) is 41.6 Å². The third-order valence-corrected chi connectivity index (χ3v) is 4.47. The van der Waals surface area contributed by atoms with Crippen LogP contribution < -0.4 is 10.5 Å². The summed E-state index contributed by atoms with van der Waals surface area (Å²) in [6.45, 7) is -0.502. The fourth-order valence-corrected chi connectivity index (χ4v) is 2.56. The fraction of sp³-hybridized carbons (Fsp3) is 0.304. The van der Waals surface area contributed by atoms with Crippen LogP contribution in [0, 0.1) is 5.41 Å². The number of nitrogen functional groups attached to an aromatic ring is 1. The molecular formula is C23H25F2N3O10. The van der Waals surface area contributed by atoms with E-state index in [9.17, 15) is 32.8 Å². The Morgan fingerprint density at radius 3 is 2.05 bits per heavy atom. The second-order valence-corrected chi connectivity index (χ2v) is 7.64. The van der Waals surface area contributed by atoms with Crippen molar-refractivity contribution in [2.45, 2.75) is 32.1 Å². The van der Waals surface area contributed by atoms with Gasteiger partial charge >= 0.3 is 29.8 Å². The number of carboxylic acids is 3. The van der Waals surface area contributed by atoms with E-state index in [0.717, 1.165) is 4.90 Å². The molecule has 13 nitrogen and oxygen atoms in total. The Balaban J connectivity index is 0.000000905. The molecule has 0 aliphatic rings. The van der Waals surface area contributed by atoms with Gasteiger partial charge in [-0.3, -0.25) is 19.8 Å². The van der Waals surface area contributed by atoms with Gasteiger partial charge in [-0.2, -0.15) is 8.78 Å². The normalized spacial score (nSPS) is 10.5. The van der Waals surface area contributed by atoms with Crippen LogP contribution in [0.3, 0.4) is 0 Å². The monoisotopic (exact) mass is 541 g/mol. The van der Waals surface area contributed by atoms with E-state index in [1.165, 1.54) is 36.4 Å². The maximum absolute atomic E-state index is 12.2. The highest BCUT2D eigenvalue weighted by atomic mass is 19.3. The number of hydrogen-bond acceptors (Lipinski definition) is 8. The van der Waals surface area contributed by atoms with Gasteiger partial charge in [-0.15, -0.1) is 0 Å². The average Bonchev–Trinajstić information content (AvgIpc) is 3.29. The lowest BCUT2D eigenvalue weighted by molar-refractivity contribution is -0.162. The van der Waals surface area contributed by atoms with Crippen molar-refractivity contribution in [2.75, 3.05) is 13.1 Å². The zero-order valence-corrected chi connectivity index (χ0v) is 20.0. The molecule has 0 aliphatic heterocycles. The molecule has 1 amide bonds. The zero-order valence-electron chi connectivity index (χ0n) is 20.0. The van der Waals surface area contributed by atoms with Crippen molar-refractivity contribution in [2.24, 2.45) is 5.73 Å². The van der Waals surface area contributed by atoms with Crippen LogP contribution in [0.25, 0.3) is 0 Å². The van der Waals surface area contributed by atoms with Crippen LogP contribution in [-0.2, 0) is 25.6 Å². The summed E-state index contributed by atoms with van der Waals surface area (Å²) in [4.78, 5) is 56.2. The smallest absolute Gasteiger partial charge is 0.379 e. The van der Waals surface area contributed by atoms with Crippen molar-refractivity contribution in [1.29, 1.82) is 5.41 Å². The van der Waals surface area contributed by atoms with Crippen LogP contribution in [-0.4, -0.2) is 74.9 Å². The largest absolute Gasteiger partial charge is 0.481 e. The summed E-state index contributed by atoms with van der Waals surface area (Å²) in [5.74, 6) is -9.05.